The van der Waals surface area contributed by atoms with Gasteiger partial charge >= 0.3 is 0 Å². The quantitative estimate of drug-likeness (QED) is 0.193. The molecule has 0 atom stereocenters. The Labute approximate surface area is 236 Å². The highest BCUT2D eigenvalue weighted by molar-refractivity contribution is 8.05. The average molecular weight is 598 g/mol. The normalized spacial score (nSPS) is 15.7. The summed E-state index contributed by atoms with van der Waals surface area (Å²) in [5.41, 5.74) is 7.04. The Balaban J connectivity index is 8.71. The summed E-state index contributed by atoms with van der Waals surface area (Å²) >= 11 is 0. The SMILES string of the molecule is CCCC=C=C[Si]([Si]([Si](C)(C)C(C)(C)C)[Si](C)(C)C(C)(C)C)([Si](C)(C)C(C)(C)C)[Si](C)(C)C(C)(C)C. The van der Waals surface area contributed by atoms with E-state index in [9.17, 15) is 0 Å². The molecule has 213 valence electrons. The van der Waals surface area contributed by atoms with Crippen molar-refractivity contribution in [1.29, 1.82) is 0 Å². The molecule has 1 radical (unpaired) electrons. The van der Waals surface area contributed by atoms with E-state index in [1.165, 1.54) is 6.42 Å². The minimum atomic E-state index is -1.96. The third-order valence-corrected chi connectivity index (χ3v) is 132. The topological polar surface area (TPSA) is 0 Å². The standard InChI is InChI=1S/C30H69Si6/c1-22-23-24-25-26-36(34(18,19)29(8,9)10,35(20,21)30(11,12)13)31(32(14,15)27(2,3)4)33(16,17)28(5,6)7/h24,26H,22-23H2,1-21H3. The molecular formula is C30H69Si6. The second kappa shape index (κ2) is 11.0. The van der Waals surface area contributed by atoms with Gasteiger partial charge in [0.05, 0.1) is 6.63 Å². The Bertz CT molecular complexity index is 746. The first-order valence-electron chi connectivity index (χ1n) is 14.7. The van der Waals surface area contributed by atoms with Gasteiger partial charge in [0.25, 0.3) is 0 Å². The minimum absolute atomic E-state index is 0.387. The van der Waals surface area contributed by atoms with Crippen LogP contribution >= 0.6 is 0 Å². The van der Waals surface area contributed by atoms with E-state index in [2.05, 4.69) is 160 Å². The van der Waals surface area contributed by atoms with Crippen LogP contribution in [0.2, 0.25) is 72.5 Å². The minimum Gasteiger partial charge on any atom is -0.135 e. The van der Waals surface area contributed by atoms with Gasteiger partial charge in [0.1, 0.15) is 0 Å². The summed E-state index contributed by atoms with van der Waals surface area (Å²) in [4.78, 5) is 0. The lowest BCUT2D eigenvalue weighted by Gasteiger charge is -2.69. The second-order valence-electron chi connectivity index (χ2n) is 18.0. The first-order chi connectivity index (χ1) is 15.4. The van der Waals surface area contributed by atoms with Gasteiger partial charge in [-0.15, -0.1) is 5.73 Å². The highest BCUT2D eigenvalue weighted by Crippen LogP contribution is 2.58. The first-order valence-corrected chi connectivity index (χ1v) is 35.3. The van der Waals surface area contributed by atoms with E-state index in [1.54, 1.807) is 0 Å². The summed E-state index contributed by atoms with van der Waals surface area (Å²) in [6.07, 6.45) is 4.81. The van der Waals surface area contributed by atoms with Gasteiger partial charge in [-0.05, 0) is 32.6 Å². The van der Waals surface area contributed by atoms with E-state index in [-0.39, 0.29) is 0 Å². The summed E-state index contributed by atoms with van der Waals surface area (Å²) in [7, 11) is -7.48. The van der Waals surface area contributed by atoms with Crippen molar-refractivity contribution in [3.8, 4) is 0 Å². The van der Waals surface area contributed by atoms with E-state index in [4.69, 9.17) is 0 Å². The lowest BCUT2D eigenvalue weighted by Crippen LogP contribution is -2.93. The van der Waals surface area contributed by atoms with Crippen LogP contribution in [0.15, 0.2) is 17.5 Å². The lowest BCUT2D eigenvalue weighted by molar-refractivity contribution is 0.723. The van der Waals surface area contributed by atoms with Crippen molar-refractivity contribution in [3.05, 3.63) is 17.5 Å². The fraction of sp³-hybridized carbons (Fsp3) is 0.900. The van der Waals surface area contributed by atoms with Crippen LogP contribution in [-0.4, -0.2) is 44.3 Å². The molecule has 0 saturated heterocycles. The van der Waals surface area contributed by atoms with E-state index < -0.39 is 44.3 Å². The van der Waals surface area contributed by atoms with Gasteiger partial charge in [0, 0.05) is 37.7 Å². The molecule has 0 heterocycles. The maximum absolute atomic E-state index is 4.06. The fourth-order valence-electron chi connectivity index (χ4n) is 5.95. The van der Waals surface area contributed by atoms with Gasteiger partial charge in [0.2, 0.25) is 0 Å². The van der Waals surface area contributed by atoms with Gasteiger partial charge in [0.15, 0.2) is 0 Å². The van der Waals surface area contributed by atoms with Crippen molar-refractivity contribution in [3.63, 3.8) is 0 Å². The van der Waals surface area contributed by atoms with Crippen LogP contribution in [0.25, 0.3) is 0 Å². The molecule has 0 saturated carbocycles. The molecule has 0 unspecified atom stereocenters. The molecular weight excluding hydrogens is 529 g/mol. The number of rotatable bonds is 8. The summed E-state index contributed by atoms with van der Waals surface area (Å²) in [6.45, 7) is 54.9. The molecule has 0 fully saturated rings. The predicted molar refractivity (Wildman–Crippen MR) is 188 cm³/mol. The van der Waals surface area contributed by atoms with Crippen molar-refractivity contribution in [1.82, 2.24) is 0 Å². The molecule has 0 aromatic carbocycles. The van der Waals surface area contributed by atoms with Gasteiger partial charge < -0.3 is 0 Å². The molecule has 0 amide bonds. The Morgan fingerprint density at radius 1 is 0.556 bits per heavy atom. The molecule has 0 bridgehead atoms. The molecule has 0 aliphatic rings. The van der Waals surface area contributed by atoms with E-state index in [1.807, 2.05) is 0 Å². The largest absolute Gasteiger partial charge is 0.135 e. The monoisotopic (exact) mass is 597 g/mol. The van der Waals surface area contributed by atoms with Gasteiger partial charge in [-0.3, -0.25) is 0 Å². The Morgan fingerprint density at radius 3 is 1.08 bits per heavy atom. The first kappa shape index (κ1) is 36.8. The number of hydrogen-bond donors (Lipinski definition) is 0. The molecule has 0 aromatic heterocycles. The number of allylic oxidation sites excluding steroid dienone is 1. The molecule has 0 aliphatic carbocycles. The van der Waals surface area contributed by atoms with Crippen molar-refractivity contribution >= 4 is 44.3 Å². The molecule has 0 rings (SSSR count). The maximum atomic E-state index is 4.06. The molecule has 0 aliphatic heterocycles. The molecule has 0 N–H and O–H groups in total. The van der Waals surface area contributed by atoms with Crippen LogP contribution in [0.5, 0.6) is 0 Å². The van der Waals surface area contributed by atoms with Crippen LogP contribution in [-0.2, 0) is 0 Å². The summed E-state index contributed by atoms with van der Waals surface area (Å²) in [6, 6.07) is 0. The average Bonchev–Trinajstić information content (AvgIpc) is 2.59. The van der Waals surface area contributed by atoms with Crippen molar-refractivity contribution < 1.29 is 0 Å². The summed E-state index contributed by atoms with van der Waals surface area (Å²) in [5.74, 6) is 0. The van der Waals surface area contributed by atoms with Crippen molar-refractivity contribution in [2.24, 2.45) is 0 Å². The highest BCUT2D eigenvalue weighted by atomic mass is 30.2. The van der Waals surface area contributed by atoms with Crippen molar-refractivity contribution in [2.75, 3.05) is 0 Å². The number of hydrogen-bond acceptors (Lipinski definition) is 0. The van der Waals surface area contributed by atoms with Gasteiger partial charge in [-0.2, -0.15) is 0 Å². The van der Waals surface area contributed by atoms with Crippen LogP contribution in [0.1, 0.15) is 103 Å². The second-order valence-corrected chi connectivity index (χ2v) is 75.2. The Morgan fingerprint density at radius 2 is 0.861 bits per heavy atom. The van der Waals surface area contributed by atoms with E-state index in [0.29, 0.717) is 20.2 Å². The molecule has 0 spiro atoms. The maximum Gasteiger partial charge on any atom is 0.0638 e. The van der Waals surface area contributed by atoms with Crippen molar-refractivity contribution in [2.45, 2.75) is 175 Å². The zero-order chi connectivity index (χ0) is 29.6. The van der Waals surface area contributed by atoms with Gasteiger partial charge in [-0.1, -0.05) is 155 Å². The zero-order valence-corrected chi connectivity index (χ0v) is 35.1. The van der Waals surface area contributed by atoms with Crippen LogP contribution in [0, 0.1) is 0 Å². The highest BCUT2D eigenvalue weighted by Gasteiger charge is 2.74. The zero-order valence-electron chi connectivity index (χ0n) is 29.1. The third-order valence-electron chi connectivity index (χ3n) is 12.0. The smallest absolute Gasteiger partial charge is 0.0638 e. The predicted octanol–water partition coefficient (Wildman–Crippen LogP) is 11.4. The lowest BCUT2D eigenvalue weighted by atomic mass is 10.2. The van der Waals surface area contributed by atoms with Gasteiger partial charge in [-0.25, -0.2) is 0 Å². The molecule has 36 heavy (non-hydrogen) atoms. The molecule has 0 aromatic rings. The summed E-state index contributed by atoms with van der Waals surface area (Å²) in [5, 5.41) is 1.61. The van der Waals surface area contributed by atoms with Crippen LogP contribution in [0.3, 0.4) is 0 Å². The molecule has 6 heteroatoms. The van der Waals surface area contributed by atoms with E-state index in [0.717, 1.165) is 6.42 Å². The van der Waals surface area contributed by atoms with E-state index >= 15 is 0 Å². The summed E-state index contributed by atoms with van der Waals surface area (Å²) < 4.78 is 0. The fourth-order valence-corrected chi connectivity index (χ4v) is 204. The third kappa shape index (κ3) is 6.25. The number of unbranched alkanes of at least 4 members (excludes halogenated alkanes) is 1. The Hall–Kier alpha value is 0.821. The van der Waals surface area contributed by atoms with Crippen LogP contribution < -0.4 is 0 Å². The molecule has 0 nitrogen and oxygen atoms in total. The Kier molecular flexibility index (Phi) is 11.3. The van der Waals surface area contributed by atoms with Crippen LogP contribution in [0.4, 0.5) is 0 Å².